The van der Waals surface area contributed by atoms with Crippen LogP contribution in [-0.2, 0) is 15.4 Å². The van der Waals surface area contributed by atoms with Crippen LogP contribution in [0.5, 0.6) is 0 Å². The van der Waals surface area contributed by atoms with Gasteiger partial charge in [-0.2, -0.15) is 0 Å². The highest BCUT2D eigenvalue weighted by atomic mass is 35.5. The molecule has 0 heterocycles. The maximum Gasteiger partial charge on any atom is 0.261 e. The van der Waals surface area contributed by atoms with Crippen molar-refractivity contribution in [3.05, 3.63) is 58.9 Å². The average Bonchev–Trinajstić information content (AvgIpc) is 2.36. The van der Waals surface area contributed by atoms with E-state index in [1.54, 1.807) is 24.3 Å². The Labute approximate surface area is 135 Å². The zero-order valence-electron chi connectivity index (χ0n) is 12.5. The van der Waals surface area contributed by atoms with E-state index < -0.39 is 15.8 Å². The number of hydrogen-bond donors (Lipinski definition) is 1. The highest BCUT2D eigenvalue weighted by molar-refractivity contribution is 7.92. The fraction of sp³-hybridized carbons (Fsp3) is 0.250. The molecule has 0 aliphatic rings. The van der Waals surface area contributed by atoms with Crippen LogP contribution in [0.4, 0.5) is 10.1 Å². The molecule has 1 N–H and O–H groups in total. The number of rotatable bonds is 3. The Morgan fingerprint density at radius 2 is 1.77 bits per heavy atom. The Morgan fingerprint density at radius 3 is 2.32 bits per heavy atom. The van der Waals surface area contributed by atoms with Gasteiger partial charge >= 0.3 is 0 Å². The van der Waals surface area contributed by atoms with E-state index in [9.17, 15) is 12.8 Å². The van der Waals surface area contributed by atoms with Gasteiger partial charge in [-0.1, -0.05) is 44.5 Å². The van der Waals surface area contributed by atoms with Crippen molar-refractivity contribution in [3.63, 3.8) is 0 Å². The topological polar surface area (TPSA) is 46.2 Å². The molecule has 0 bridgehead atoms. The number of anilines is 1. The van der Waals surface area contributed by atoms with Gasteiger partial charge in [-0.25, -0.2) is 12.8 Å². The number of sulfonamides is 1. The van der Waals surface area contributed by atoms with E-state index in [1.807, 2.05) is 20.8 Å². The molecule has 0 aromatic heterocycles. The lowest BCUT2D eigenvalue weighted by Gasteiger charge is -2.20. The van der Waals surface area contributed by atoms with E-state index in [0.717, 1.165) is 0 Å². The Kier molecular flexibility index (Phi) is 4.49. The third-order valence-corrected chi connectivity index (χ3v) is 4.75. The summed E-state index contributed by atoms with van der Waals surface area (Å²) in [5.74, 6) is -0.446. The molecule has 2 aromatic carbocycles. The second kappa shape index (κ2) is 5.89. The zero-order valence-corrected chi connectivity index (χ0v) is 14.1. The number of hydrogen-bond acceptors (Lipinski definition) is 2. The van der Waals surface area contributed by atoms with Gasteiger partial charge in [0.25, 0.3) is 10.0 Å². The quantitative estimate of drug-likeness (QED) is 0.888. The van der Waals surface area contributed by atoms with Crippen LogP contribution in [0.2, 0.25) is 5.02 Å². The molecule has 0 aliphatic heterocycles. The molecule has 0 unspecified atom stereocenters. The maximum atomic E-state index is 14.1. The molecule has 0 fully saturated rings. The van der Waals surface area contributed by atoms with E-state index in [-0.39, 0.29) is 16.0 Å². The van der Waals surface area contributed by atoms with Crippen molar-refractivity contribution < 1.29 is 12.8 Å². The summed E-state index contributed by atoms with van der Waals surface area (Å²) in [5, 5.41) is 0.317. The van der Waals surface area contributed by atoms with Crippen LogP contribution in [0.25, 0.3) is 0 Å². The summed E-state index contributed by atoms with van der Waals surface area (Å²) in [5.41, 5.74) is 0.345. The van der Waals surface area contributed by atoms with Crippen LogP contribution >= 0.6 is 11.6 Å². The van der Waals surface area contributed by atoms with E-state index in [1.165, 1.54) is 18.2 Å². The molecule has 0 saturated heterocycles. The van der Waals surface area contributed by atoms with Crippen molar-refractivity contribution in [1.29, 1.82) is 0 Å². The monoisotopic (exact) mass is 341 g/mol. The van der Waals surface area contributed by atoms with Crippen LogP contribution in [0, 0.1) is 5.82 Å². The fourth-order valence-electron chi connectivity index (χ4n) is 2.04. The van der Waals surface area contributed by atoms with Crippen LogP contribution in [0.3, 0.4) is 0 Å². The Morgan fingerprint density at radius 1 is 1.09 bits per heavy atom. The van der Waals surface area contributed by atoms with Crippen LogP contribution in [0.15, 0.2) is 47.4 Å². The van der Waals surface area contributed by atoms with Crippen LogP contribution in [-0.4, -0.2) is 8.42 Å². The normalized spacial score (nSPS) is 12.2. The molecule has 0 saturated carbocycles. The number of benzene rings is 2. The first-order chi connectivity index (χ1) is 10.1. The third-order valence-electron chi connectivity index (χ3n) is 3.14. The first kappa shape index (κ1) is 16.8. The predicted molar refractivity (Wildman–Crippen MR) is 87.4 cm³/mol. The fourth-order valence-corrected chi connectivity index (χ4v) is 3.39. The minimum Gasteiger partial charge on any atom is -0.280 e. The smallest absolute Gasteiger partial charge is 0.261 e. The minimum atomic E-state index is -3.80. The molecule has 0 amide bonds. The van der Waals surface area contributed by atoms with Gasteiger partial charge < -0.3 is 0 Å². The van der Waals surface area contributed by atoms with E-state index in [2.05, 4.69) is 4.72 Å². The number of halogens is 2. The summed E-state index contributed by atoms with van der Waals surface area (Å²) in [7, 11) is -3.80. The average molecular weight is 342 g/mol. The van der Waals surface area contributed by atoms with Crippen molar-refractivity contribution in [2.24, 2.45) is 0 Å². The number of nitrogens with one attached hydrogen (secondary N) is 1. The molecule has 0 radical (unpaired) electrons. The lowest BCUT2D eigenvalue weighted by atomic mass is 9.86. The van der Waals surface area contributed by atoms with E-state index in [4.69, 9.17) is 11.6 Å². The SMILES string of the molecule is CC(C)(C)c1ccc(NS(=O)(=O)c2cccc(Cl)c2)cc1F. The van der Waals surface area contributed by atoms with Gasteiger partial charge in [-0.3, -0.25) is 4.72 Å². The minimum absolute atomic E-state index is 0.0281. The first-order valence-corrected chi connectivity index (χ1v) is 8.54. The van der Waals surface area contributed by atoms with Crippen LogP contribution in [0.1, 0.15) is 26.3 Å². The van der Waals surface area contributed by atoms with Gasteiger partial charge in [0.1, 0.15) is 5.82 Å². The van der Waals surface area contributed by atoms with Crippen molar-refractivity contribution in [2.45, 2.75) is 31.1 Å². The third kappa shape index (κ3) is 3.78. The largest absolute Gasteiger partial charge is 0.280 e. The molecular formula is C16H17ClFNO2S. The standard InChI is InChI=1S/C16H17ClFNO2S/c1-16(2,3)14-8-7-12(10-15(14)18)19-22(20,21)13-6-4-5-11(17)9-13/h4-10,19H,1-3H3. The van der Waals surface area contributed by atoms with E-state index >= 15 is 0 Å². The van der Waals surface area contributed by atoms with Crippen molar-refractivity contribution in [3.8, 4) is 0 Å². The van der Waals surface area contributed by atoms with Gasteiger partial charge in [0.2, 0.25) is 0 Å². The van der Waals surface area contributed by atoms with Crippen molar-refractivity contribution in [2.75, 3.05) is 4.72 Å². The molecule has 0 aliphatic carbocycles. The molecule has 2 aromatic rings. The van der Waals surface area contributed by atoms with Gasteiger partial charge in [-0.15, -0.1) is 0 Å². The van der Waals surface area contributed by atoms with Gasteiger partial charge in [0.15, 0.2) is 0 Å². The molecule has 118 valence electrons. The summed E-state index contributed by atoms with van der Waals surface area (Å²) in [4.78, 5) is 0.0281. The Hall–Kier alpha value is -1.59. The Balaban J connectivity index is 2.33. The summed E-state index contributed by atoms with van der Waals surface area (Å²) in [6.45, 7) is 5.67. The van der Waals surface area contributed by atoms with Gasteiger partial charge in [-0.05, 0) is 41.3 Å². The highest BCUT2D eigenvalue weighted by Gasteiger charge is 2.20. The summed E-state index contributed by atoms with van der Waals surface area (Å²) >= 11 is 5.80. The second-order valence-corrected chi connectivity index (χ2v) is 8.13. The lowest BCUT2D eigenvalue weighted by Crippen LogP contribution is -2.16. The van der Waals surface area contributed by atoms with Crippen LogP contribution < -0.4 is 4.72 Å². The summed E-state index contributed by atoms with van der Waals surface area (Å²) in [6, 6.07) is 10.2. The summed E-state index contributed by atoms with van der Waals surface area (Å²) in [6.07, 6.45) is 0. The Bertz CT molecular complexity index is 798. The zero-order chi connectivity index (χ0) is 16.5. The van der Waals surface area contributed by atoms with Gasteiger partial charge in [0, 0.05) is 5.02 Å². The van der Waals surface area contributed by atoms with Gasteiger partial charge in [0.05, 0.1) is 10.6 Å². The van der Waals surface area contributed by atoms with Crippen molar-refractivity contribution in [1.82, 2.24) is 0 Å². The molecule has 22 heavy (non-hydrogen) atoms. The first-order valence-electron chi connectivity index (χ1n) is 6.68. The highest BCUT2D eigenvalue weighted by Crippen LogP contribution is 2.28. The maximum absolute atomic E-state index is 14.1. The molecule has 6 heteroatoms. The summed E-state index contributed by atoms with van der Waals surface area (Å²) < 4.78 is 41.0. The lowest BCUT2D eigenvalue weighted by molar-refractivity contribution is 0.523. The second-order valence-electron chi connectivity index (χ2n) is 6.01. The molecular weight excluding hydrogens is 325 g/mol. The van der Waals surface area contributed by atoms with E-state index in [0.29, 0.717) is 10.6 Å². The van der Waals surface area contributed by atoms with Crippen molar-refractivity contribution >= 4 is 27.3 Å². The molecule has 2 rings (SSSR count). The molecule has 0 spiro atoms. The molecule has 0 atom stereocenters. The predicted octanol–water partition coefficient (Wildman–Crippen LogP) is 4.58. The molecule has 3 nitrogen and oxygen atoms in total.